The second-order valence-corrected chi connectivity index (χ2v) is 7.38. The van der Waals surface area contributed by atoms with Crippen LogP contribution in [0.1, 0.15) is 11.1 Å². The van der Waals surface area contributed by atoms with E-state index in [0.717, 1.165) is 21.3 Å². The molecule has 2 aromatic rings. The van der Waals surface area contributed by atoms with Gasteiger partial charge in [-0.2, -0.15) is 4.99 Å². The summed E-state index contributed by atoms with van der Waals surface area (Å²) in [7, 11) is 0. The number of amides is 1. The van der Waals surface area contributed by atoms with Crippen molar-refractivity contribution in [3.8, 4) is 5.75 Å². The molecule has 1 amide bonds. The van der Waals surface area contributed by atoms with Crippen LogP contribution < -0.4 is 4.74 Å². The van der Waals surface area contributed by atoms with E-state index in [1.54, 1.807) is 12.1 Å². The molecule has 0 aromatic heterocycles. The molecule has 3 rings (SSSR count). The summed E-state index contributed by atoms with van der Waals surface area (Å²) in [4.78, 5) is 16.4. The zero-order valence-electron chi connectivity index (χ0n) is 13.6. The van der Waals surface area contributed by atoms with Gasteiger partial charge in [0.2, 0.25) is 0 Å². The molecule has 128 valence electrons. The molecule has 0 N–H and O–H groups in total. The second-order valence-electron chi connectivity index (χ2n) is 5.29. The summed E-state index contributed by atoms with van der Waals surface area (Å²) in [6.07, 6.45) is 4.45. The zero-order valence-corrected chi connectivity index (χ0v) is 15.2. The summed E-state index contributed by atoms with van der Waals surface area (Å²) >= 11 is 2.87. The van der Waals surface area contributed by atoms with Gasteiger partial charge in [-0.1, -0.05) is 36.0 Å². The van der Waals surface area contributed by atoms with Gasteiger partial charge in [0.15, 0.2) is 0 Å². The number of nitrogens with zero attached hydrogens (tertiary/aromatic N) is 1. The third kappa shape index (κ3) is 4.96. The summed E-state index contributed by atoms with van der Waals surface area (Å²) in [5.74, 6) is 0.341. The normalized spacial score (nSPS) is 15.5. The number of carbonyl (C=O) groups is 1. The van der Waals surface area contributed by atoms with Crippen molar-refractivity contribution in [3.63, 3.8) is 0 Å². The lowest BCUT2D eigenvalue weighted by molar-refractivity contribution is -0.113. The highest BCUT2D eigenvalue weighted by Gasteiger charge is 2.20. The van der Waals surface area contributed by atoms with Crippen molar-refractivity contribution in [1.29, 1.82) is 0 Å². The van der Waals surface area contributed by atoms with E-state index in [-0.39, 0.29) is 11.7 Å². The molecular weight excluding hydrogens is 357 g/mol. The maximum Gasteiger partial charge on any atom is 0.285 e. The molecule has 0 bridgehead atoms. The highest BCUT2D eigenvalue weighted by atomic mass is 32.2. The first-order valence-electron chi connectivity index (χ1n) is 7.68. The predicted octanol–water partition coefficient (Wildman–Crippen LogP) is 4.78. The van der Waals surface area contributed by atoms with Crippen LogP contribution in [0.15, 0.2) is 58.4 Å². The lowest BCUT2D eigenvalue weighted by Gasteiger charge is -2.07. The molecule has 2 aromatic carbocycles. The number of ether oxygens (including phenoxy) is 1. The summed E-state index contributed by atoms with van der Waals surface area (Å²) in [5.41, 5.74) is 1.96. The number of carbonyl (C=O) groups excluding carboxylic acids is 1. The maximum absolute atomic E-state index is 12.9. The van der Waals surface area contributed by atoms with Gasteiger partial charge in [0.05, 0.1) is 11.5 Å². The number of rotatable bonds is 5. The molecule has 0 atom stereocenters. The molecule has 3 nitrogen and oxygen atoms in total. The van der Waals surface area contributed by atoms with Crippen molar-refractivity contribution in [3.05, 3.63) is 70.4 Å². The number of thioether (sulfide) groups is 2. The largest absolute Gasteiger partial charge is 0.493 e. The van der Waals surface area contributed by atoms with Gasteiger partial charge in [-0.3, -0.25) is 4.79 Å². The Hall–Kier alpha value is -2.05. The first-order chi connectivity index (χ1) is 12.1. The van der Waals surface area contributed by atoms with Gasteiger partial charge < -0.3 is 4.74 Å². The lowest BCUT2D eigenvalue weighted by atomic mass is 10.1. The Kier molecular flexibility index (Phi) is 5.94. The average Bonchev–Trinajstić information content (AvgIpc) is 2.98. The first kappa shape index (κ1) is 17.8. The minimum atomic E-state index is -0.233. The first-order valence-corrected chi connectivity index (χ1v) is 9.72. The summed E-state index contributed by atoms with van der Waals surface area (Å²) in [6, 6.07) is 14.0. The van der Waals surface area contributed by atoms with Crippen LogP contribution in [-0.2, 0) is 11.2 Å². The molecule has 0 aliphatic carbocycles. The molecule has 0 saturated carbocycles. The summed E-state index contributed by atoms with van der Waals surface area (Å²) in [5, 5.41) is 0. The van der Waals surface area contributed by atoms with Crippen LogP contribution in [0.2, 0.25) is 0 Å². The van der Waals surface area contributed by atoms with Crippen LogP contribution in [0.4, 0.5) is 4.39 Å². The van der Waals surface area contributed by atoms with E-state index in [0.29, 0.717) is 17.9 Å². The maximum atomic E-state index is 12.9. The van der Waals surface area contributed by atoms with Crippen LogP contribution in [0.3, 0.4) is 0 Å². The van der Waals surface area contributed by atoms with Crippen LogP contribution >= 0.6 is 23.5 Å². The number of benzene rings is 2. The lowest BCUT2D eigenvalue weighted by Crippen LogP contribution is -2.01. The number of aliphatic imine (C=N–C) groups is 1. The van der Waals surface area contributed by atoms with Crippen molar-refractivity contribution in [2.45, 2.75) is 6.42 Å². The van der Waals surface area contributed by atoms with E-state index in [9.17, 15) is 9.18 Å². The Labute approximate surface area is 154 Å². The van der Waals surface area contributed by atoms with Gasteiger partial charge in [-0.15, -0.1) is 11.8 Å². The van der Waals surface area contributed by atoms with E-state index in [2.05, 4.69) is 4.99 Å². The third-order valence-corrected chi connectivity index (χ3v) is 5.49. The molecule has 0 fully saturated rings. The minimum absolute atomic E-state index is 0.186. The highest BCUT2D eigenvalue weighted by Crippen LogP contribution is 2.32. The van der Waals surface area contributed by atoms with E-state index >= 15 is 0 Å². The number of hydrogen-bond acceptors (Lipinski definition) is 4. The predicted molar refractivity (Wildman–Crippen MR) is 104 cm³/mol. The zero-order chi connectivity index (χ0) is 17.6. The molecule has 1 heterocycles. The summed E-state index contributed by atoms with van der Waals surface area (Å²) in [6.45, 7) is 0.519. The number of halogens is 1. The number of hydrogen-bond donors (Lipinski definition) is 0. The molecule has 0 unspecified atom stereocenters. The Morgan fingerprint density at radius 2 is 1.88 bits per heavy atom. The molecule has 0 spiro atoms. The molecule has 6 heteroatoms. The van der Waals surface area contributed by atoms with Crippen molar-refractivity contribution >= 4 is 39.9 Å². The Morgan fingerprint density at radius 1 is 1.16 bits per heavy atom. The van der Waals surface area contributed by atoms with Crippen molar-refractivity contribution < 1.29 is 13.9 Å². The van der Waals surface area contributed by atoms with E-state index < -0.39 is 0 Å². The van der Waals surface area contributed by atoms with Crippen LogP contribution in [0, 0.1) is 5.82 Å². The fraction of sp³-hybridized carbons (Fsp3) is 0.158. The van der Waals surface area contributed by atoms with Gasteiger partial charge in [0, 0.05) is 6.42 Å². The Bertz CT molecular complexity index is 814. The van der Waals surface area contributed by atoms with Crippen LogP contribution in [0.5, 0.6) is 5.75 Å². The van der Waals surface area contributed by atoms with E-state index in [4.69, 9.17) is 4.74 Å². The van der Waals surface area contributed by atoms with E-state index in [1.165, 1.54) is 35.7 Å². The Balaban J connectivity index is 1.54. The molecule has 0 radical (unpaired) electrons. The van der Waals surface area contributed by atoms with Crippen LogP contribution in [0.25, 0.3) is 6.08 Å². The summed E-state index contributed by atoms with van der Waals surface area (Å²) < 4.78 is 19.3. The fourth-order valence-corrected chi connectivity index (χ4v) is 3.65. The molecule has 1 aliphatic heterocycles. The third-order valence-electron chi connectivity index (χ3n) is 3.53. The average molecular weight is 373 g/mol. The second kappa shape index (κ2) is 8.36. The smallest absolute Gasteiger partial charge is 0.285 e. The van der Waals surface area contributed by atoms with Gasteiger partial charge in [-0.05, 0) is 47.7 Å². The van der Waals surface area contributed by atoms with Crippen LogP contribution in [-0.4, -0.2) is 23.1 Å². The highest BCUT2D eigenvalue weighted by molar-refractivity contribution is 8.40. The van der Waals surface area contributed by atoms with E-state index in [1.807, 2.05) is 36.6 Å². The molecular formula is C19H16FNO2S2. The van der Waals surface area contributed by atoms with Gasteiger partial charge in [0.25, 0.3) is 5.91 Å². The van der Waals surface area contributed by atoms with Gasteiger partial charge in [-0.25, -0.2) is 4.39 Å². The fourth-order valence-electron chi connectivity index (χ4n) is 2.23. The molecule has 0 saturated heterocycles. The minimum Gasteiger partial charge on any atom is -0.493 e. The topological polar surface area (TPSA) is 38.7 Å². The van der Waals surface area contributed by atoms with Crippen molar-refractivity contribution in [2.24, 2.45) is 4.99 Å². The van der Waals surface area contributed by atoms with Gasteiger partial charge >= 0.3 is 0 Å². The van der Waals surface area contributed by atoms with Crippen molar-refractivity contribution in [1.82, 2.24) is 0 Å². The standard InChI is InChI=1S/C19H16FNO2S2/c1-24-19-21-18(22)17(25-19)12-14-4-8-16(9-5-14)23-11-10-13-2-6-15(20)7-3-13/h2-9,12H,10-11H2,1H3/b17-12-. The molecule has 1 aliphatic rings. The van der Waals surface area contributed by atoms with Gasteiger partial charge in [0.1, 0.15) is 15.9 Å². The van der Waals surface area contributed by atoms with Crippen molar-refractivity contribution in [2.75, 3.05) is 12.9 Å². The Morgan fingerprint density at radius 3 is 2.52 bits per heavy atom. The quantitative estimate of drug-likeness (QED) is 0.707. The monoisotopic (exact) mass is 373 g/mol. The molecule has 25 heavy (non-hydrogen) atoms. The SMILES string of the molecule is CSC1=NC(=O)/C(=C/c2ccc(OCCc3ccc(F)cc3)cc2)S1.